The number of methoxy groups -OCH3 is 2. The van der Waals surface area contributed by atoms with Crippen LogP contribution in [0.5, 0.6) is 0 Å². The van der Waals surface area contributed by atoms with E-state index in [1.807, 2.05) is 0 Å². The lowest BCUT2D eigenvalue weighted by molar-refractivity contribution is -0.0166. The number of ether oxygens (including phenoxy) is 2. The molecule has 1 aromatic rings. The molecular weight excluding hydrogens is 369 g/mol. The summed E-state index contributed by atoms with van der Waals surface area (Å²) >= 11 is 2.28. The lowest BCUT2D eigenvalue weighted by Crippen LogP contribution is -2.29. The van der Waals surface area contributed by atoms with Gasteiger partial charge in [-0.25, -0.2) is 9.97 Å². The Hall–Kier alpha value is -0.470. The Labute approximate surface area is 134 Å². The monoisotopic (exact) mass is 391 g/mol. The minimum atomic E-state index is -0.322. The first-order valence-corrected chi connectivity index (χ1v) is 8.09. The highest BCUT2D eigenvalue weighted by Gasteiger charge is 2.39. The molecule has 20 heavy (non-hydrogen) atoms. The molecule has 1 aliphatic rings. The number of aromatic nitrogens is 2. The van der Waals surface area contributed by atoms with Crippen LogP contribution in [0.25, 0.3) is 0 Å². The maximum atomic E-state index is 5.79. The van der Waals surface area contributed by atoms with Crippen LogP contribution in [0.3, 0.4) is 0 Å². The van der Waals surface area contributed by atoms with Crippen LogP contribution in [0.4, 0.5) is 5.82 Å². The fourth-order valence-corrected chi connectivity index (χ4v) is 3.27. The molecule has 0 radical (unpaired) electrons. The summed E-state index contributed by atoms with van der Waals surface area (Å²) in [5.74, 6) is 1.68. The van der Waals surface area contributed by atoms with Gasteiger partial charge >= 0.3 is 0 Å². The van der Waals surface area contributed by atoms with Crippen molar-refractivity contribution in [1.29, 1.82) is 0 Å². The van der Waals surface area contributed by atoms with Gasteiger partial charge in [0.05, 0.1) is 15.9 Å². The Bertz CT molecular complexity index is 435. The third-order valence-corrected chi connectivity index (χ3v) is 4.89. The van der Waals surface area contributed by atoms with Crippen molar-refractivity contribution in [3.05, 3.63) is 15.1 Å². The van der Waals surface area contributed by atoms with E-state index in [-0.39, 0.29) is 5.60 Å². The van der Waals surface area contributed by atoms with Gasteiger partial charge in [-0.15, -0.1) is 0 Å². The van der Waals surface area contributed by atoms with Crippen LogP contribution in [0.2, 0.25) is 0 Å². The molecule has 0 aliphatic heterocycles. The number of halogens is 1. The van der Waals surface area contributed by atoms with Gasteiger partial charge in [0.2, 0.25) is 0 Å². The zero-order valence-corrected chi connectivity index (χ0v) is 14.5. The van der Waals surface area contributed by atoms with E-state index in [1.165, 1.54) is 12.8 Å². The zero-order valence-electron chi connectivity index (χ0n) is 12.3. The highest BCUT2D eigenvalue weighted by Crippen LogP contribution is 2.40. The first-order chi connectivity index (χ1) is 9.66. The van der Waals surface area contributed by atoms with Crippen molar-refractivity contribution in [3.8, 4) is 0 Å². The highest BCUT2D eigenvalue weighted by molar-refractivity contribution is 14.1. The molecule has 112 valence electrons. The minimum Gasteiger partial charge on any atom is -0.378 e. The van der Waals surface area contributed by atoms with Crippen LogP contribution in [0.15, 0.2) is 0 Å². The second kappa shape index (κ2) is 7.00. The summed E-state index contributed by atoms with van der Waals surface area (Å²) < 4.78 is 12.1. The summed E-state index contributed by atoms with van der Waals surface area (Å²) in [4.78, 5) is 9.44. The summed E-state index contributed by atoms with van der Waals surface area (Å²) in [6, 6.07) is 0. The molecular formula is C14H22IN3O2. The van der Waals surface area contributed by atoms with E-state index in [9.17, 15) is 0 Å². The molecule has 1 fully saturated rings. The van der Waals surface area contributed by atoms with E-state index in [0.717, 1.165) is 40.3 Å². The standard InChI is InChI=1S/C14H22IN3O2/c1-4-16-12-11(15)10(9-19-2)17-13(18-12)14(20-3)7-5-6-8-14/h4-9H2,1-3H3,(H,16,17,18). The van der Waals surface area contributed by atoms with Crippen LogP contribution in [0, 0.1) is 3.57 Å². The number of nitrogens with zero attached hydrogens (tertiary/aromatic N) is 2. The van der Waals surface area contributed by atoms with Crippen LogP contribution in [-0.2, 0) is 21.7 Å². The molecule has 0 amide bonds. The van der Waals surface area contributed by atoms with Gasteiger partial charge in [-0.3, -0.25) is 0 Å². The predicted molar refractivity (Wildman–Crippen MR) is 86.8 cm³/mol. The lowest BCUT2D eigenvalue weighted by atomic mass is 10.0. The van der Waals surface area contributed by atoms with Gasteiger partial charge in [0.1, 0.15) is 11.4 Å². The third kappa shape index (κ3) is 3.07. The molecule has 0 bridgehead atoms. The van der Waals surface area contributed by atoms with Crippen LogP contribution in [-0.4, -0.2) is 30.7 Å². The smallest absolute Gasteiger partial charge is 0.163 e. The highest BCUT2D eigenvalue weighted by atomic mass is 127. The first kappa shape index (κ1) is 15.9. The van der Waals surface area contributed by atoms with Gasteiger partial charge in [0.15, 0.2) is 5.82 Å². The fraction of sp³-hybridized carbons (Fsp3) is 0.714. The van der Waals surface area contributed by atoms with Crippen molar-refractivity contribution in [2.75, 3.05) is 26.1 Å². The average molecular weight is 391 g/mol. The van der Waals surface area contributed by atoms with E-state index < -0.39 is 0 Å². The average Bonchev–Trinajstić information content (AvgIpc) is 2.93. The first-order valence-electron chi connectivity index (χ1n) is 7.01. The Morgan fingerprint density at radius 2 is 1.95 bits per heavy atom. The molecule has 0 unspecified atom stereocenters. The summed E-state index contributed by atoms with van der Waals surface area (Å²) in [7, 11) is 3.45. The Morgan fingerprint density at radius 1 is 1.25 bits per heavy atom. The molecule has 1 aliphatic carbocycles. The normalized spacial score (nSPS) is 17.4. The number of nitrogens with one attached hydrogen (secondary N) is 1. The number of hydrogen-bond acceptors (Lipinski definition) is 5. The van der Waals surface area contributed by atoms with Crippen LogP contribution >= 0.6 is 22.6 Å². The lowest BCUT2D eigenvalue weighted by Gasteiger charge is -2.27. The summed E-state index contributed by atoms with van der Waals surface area (Å²) in [6.45, 7) is 3.39. The molecule has 6 heteroatoms. The fourth-order valence-electron chi connectivity index (χ4n) is 2.68. The van der Waals surface area contributed by atoms with Gasteiger partial charge in [-0.1, -0.05) is 0 Å². The molecule has 1 saturated carbocycles. The molecule has 0 aromatic carbocycles. The molecule has 0 spiro atoms. The van der Waals surface area contributed by atoms with Crippen molar-refractivity contribution in [3.63, 3.8) is 0 Å². The zero-order chi connectivity index (χ0) is 14.6. The Morgan fingerprint density at radius 3 is 2.50 bits per heavy atom. The van der Waals surface area contributed by atoms with Gasteiger partial charge < -0.3 is 14.8 Å². The van der Waals surface area contributed by atoms with Crippen molar-refractivity contribution < 1.29 is 9.47 Å². The van der Waals surface area contributed by atoms with E-state index in [0.29, 0.717) is 6.61 Å². The van der Waals surface area contributed by atoms with Gasteiger partial charge in [0.25, 0.3) is 0 Å². The maximum absolute atomic E-state index is 5.79. The molecule has 1 aromatic heterocycles. The minimum absolute atomic E-state index is 0.322. The molecule has 5 nitrogen and oxygen atoms in total. The van der Waals surface area contributed by atoms with Gasteiger partial charge in [-0.05, 0) is 55.2 Å². The van der Waals surface area contributed by atoms with Crippen molar-refractivity contribution in [2.45, 2.75) is 44.8 Å². The van der Waals surface area contributed by atoms with Crippen molar-refractivity contribution in [2.24, 2.45) is 0 Å². The van der Waals surface area contributed by atoms with Crippen LogP contribution in [0.1, 0.15) is 44.1 Å². The second-order valence-electron chi connectivity index (χ2n) is 5.03. The number of anilines is 1. The molecule has 0 atom stereocenters. The maximum Gasteiger partial charge on any atom is 0.163 e. The molecule has 0 saturated heterocycles. The van der Waals surface area contributed by atoms with E-state index in [1.54, 1.807) is 14.2 Å². The summed E-state index contributed by atoms with van der Waals surface area (Å²) in [6.07, 6.45) is 4.31. The predicted octanol–water partition coefficient (Wildman–Crippen LogP) is 3.08. The molecule has 2 rings (SSSR count). The van der Waals surface area contributed by atoms with E-state index >= 15 is 0 Å². The summed E-state index contributed by atoms with van der Waals surface area (Å²) in [5, 5.41) is 3.31. The Kier molecular flexibility index (Phi) is 5.57. The quantitative estimate of drug-likeness (QED) is 0.756. The van der Waals surface area contributed by atoms with Crippen LogP contribution < -0.4 is 5.32 Å². The van der Waals surface area contributed by atoms with Crippen molar-refractivity contribution >= 4 is 28.4 Å². The van der Waals surface area contributed by atoms with Gasteiger partial charge in [0, 0.05) is 20.8 Å². The number of rotatable bonds is 6. The largest absolute Gasteiger partial charge is 0.378 e. The number of hydrogen-bond donors (Lipinski definition) is 1. The van der Waals surface area contributed by atoms with Gasteiger partial charge in [-0.2, -0.15) is 0 Å². The third-order valence-electron chi connectivity index (χ3n) is 3.75. The van der Waals surface area contributed by atoms with E-state index in [4.69, 9.17) is 19.4 Å². The molecule has 1 N–H and O–H groups in total. The molecule has 1 heterocycles. The second-order valence-corrected chi connectivity index (χ2v) is 6.10. The summed E-state index contributed by atoms with van der Waals surface area (Å²) in [5.41, 5.74) is 0.606. The SMILES string of the molecule is CCNc1nc(C2(OC)CCCC2)nc(COC)c1I. The topological polar surface area (TPSA) is 56.3 Å². The van der Waals surface area contributed by atoms with Crippen molar-refractivity contribution in [1.82, 2.24) is 9.97 Å². The Balaban J connectivity index is 2.46. The van der Waals surface area contributed by atoms with E-state index in [2.05, 4.69) is 34.8 Å².